The van der Waals surface area contributed by atoms with Crippen LogP contribution >= 0.6 is 11.3 Å². The van der Waals surface area contributed by atoms with E-state index in [9.17, 15) is 4.79 Å². The lowest BCUT2D eigenvalue weighted by Gasteiger charge is -2.37. The summed E-state index contributed by atoms with van der Waals surface area (Å²) in [5.74, 6) is 0.238. The molecule has 1 N–H and O–H groups in total. The number of amides is 1. The fraction of sp³-hybridized carbons (Fsp3) is 0.688. The Labute approximate surface area is 130 Å². The monoisotopic (exact) mass is 308 g/mol. The average molecular weight is 308 g/mol. The van der Waals surface area contributed by atoms with E-state index in [1.54, 1.807) is 11.3 Å². The van der Waals surface area contributed by atoms with Crippen molar-refractivity contribution in [1.29, 1.82) is 0 Å². The number of carbonyl (C=O) groups excluding carboxylic acids is 1. The maximum absolute atomic E-state index is 13.0. The largest absolute Gasteiger partial charge is 0.378 e. The molecule has 0 radical (unpaired) electrons. The first-order valence-electron chi connectivity index (χ1n) is 7.80. The summed E-state index contributed by atoms with van der Waals surface area (Å²) in [4.78, 5) is 16.3. The van der Waals surface area contributed by atoms with Gasteiger partial charge in [0.2, 0.25) is 5.91 Å². The number of nitrogens with one attached hydrogen (secondary N) is 1. The van der Waals surface area contributed by atoms with Crippen LogP contribution in [0.2, 0.25) is 0 Å². The highest BCUT2D eigenvalue weighted by molar-refractivity contribution is 7.10. The van der Waals surface area contributed by atoms with Gasteiger partial charge in [0, 0.05) is 17.5 Å². The van der Waals surface area contributed by atoms with Gasteiger partial charge >= 0.3 is 0 Å². The van der Waals surface area contributed by atoms with E-state index in [1.807, 2.05) is 6.92 Å². The molecule has 116 valence electrons. The van der Waals surface area contributed by atoms with Crippen molar-refractivity contribution >= 4 is 17.2 Å². The summed E-state index contributed by atoms with van der Waals surface area (Å²) >= 11 is 1.71. The van der Waals surface area contributed by atoms with E-state index in [0.29, 0.717) is 0 Å². The van der Waals surface area contributed by atoms with Gasteiger partial charge in [-0.2, -0.15) is 0 Å². The van der Waals surface area contributed by atoms with Gasteiger partial charge in [0.15, 0.2) is 0 Å². The summed E-state index contributed by atoms with van der Waals surface area (Å²) in [6.07, 6.45) is 2.91. The molecule has 3 heterocycles. The molecule has 1 amide bonds. The Kier molecular flexibility index (Phi) is 4.08. The molecular weight excluding hydrogens is 284 g/mol. The zero-order chi connectivity index (χ0) is 15.0. The van der Waals surface area contributed by atoms with Crippen molar-refractivity contribution in [3.8, 4) is 0 Å². The molecule has 0 bridgehead atoms. The second-order valence-electron chi connectivity index (χ2n) is 6.32. The zero-order valence-electron chi connectivity index (χ0n) is 13.0. The van der Waals surface area contributed by atoms with Gasteiger partial charge in [0.25, 0.3) is 0 Å². The fourth-order valence-electron chi connectivity index (χ4n) is 3.35. The maximum Gasteiger partial charge on any atom is 0.244 e. The Morgan fingerprint density at radius 3 is 3.00 bits per heavy atom. The molecule has 0 aromatic carbocycles. The third-order valence-electron chi connectivity index (χ3n) is 4.81. The summed E-state index contributed by atoms with van der Waals surface area (Å²) in [5.41, 5.74) is -0.448. The molecule has 2 saturated heterocycles. The van der Waals surface area contributed by atoms with Crippen molar-refractivity contribution in [2.24, 2.45) is 0 Å². The van der Waals surface area contributed by atoms with Gasteiger partial charge in [0.05, 0.1) is 11.6 Å². The minimum atomic E-state index is -0.448. The standard InChI is InChI=1S/C16H24N2O2S/c1-4-16(3)15(19)18(12-7-8-20-11(2)10-12)14(17-16)13-6-5-9-21-13/h5-6,9,11-12,14,17H,4,7-8,10H2,1-3H3. The van der Waals surface area contributed by atoms with Crippen LogP contribution in [0.25, 0.3) is 0 Å². The molecule has 2 fully saturated rings. The number of thiophene rings is 1. The van der Waals surface area contributed by atoms with Gasteiger partial charge in [0.1, 0.15) is 6.17 Å². The van der Waals surface area contributed by atoms with Crippen LogP contribution in [0.4, 0.5) is 0 Å². The van der Waals surface area contributed by atoms with Crippen LogP contribution in [-0.4, -0.2) is 35.1 Å². The topological polar surface area (TPSA) is 41.6 Å². The highest BCUT2D eigenvalue weighted by Gasteiger charge is 2.50. The van der Waals surface area contributed by atoms with E-state index in [-0.39, 0.29) is 24.2 Å². The number of nitrogens with zero attached hydrogens (tertiary/aromatic N) is 1. The smallest absolute Gasteiger partial charge is 0.244 e. The van der Waals surface area contributed by atoms with Crippen LogP contribution in [-0.2, 0) is 9.53 Å². The summed E-state index contributed by atoms with van der Waals surface area (Å²) < 4.78 is 5.65. The van der Waals surface area contributed by atoms with Gasteiger partial charge in [-0.25, -0.2) is 0 Å². The second kappa shape index (κ2) is 5.71. The lowest BCUT2D eigenvalue weighted by molar-refractivity contribution is -0.138. The first-order chi connectivity index (χ1) is 10.0. The Bertz CT molecular complexity index is 504. The normalized spacial score (nSPS) is 37.2. The van der Waals surface area contributed by atoms with E-state index in [1.165, 1.54) is 4.88 Å². The highest BCUT2D eigenvalue weighted by atomic mass is 32.1. The molecule has 3 rings (SSSR count). The lowest BCUT2D eigenvalue weighted by Crippen LogP contribution is -2.47. The summed E-state index contributed by atoms with van der Waals surface area (Å²) in [5, 5.41) is 5.65. The van der Waals surface area contributed by atoms with Crippen LogP contribution < -0.4 is 5.32 Å². The van der Waals surface area contributed by atoms with Crippen molar-refractivity contribution in [2.45, 2.75) is 63.9 Å². The summed E-state index contributed by atoms with van der Waals surface area (Å²) in [6.45, 7) is 6.94. The quantitative estimate of drug-likeness (QED) is 0.933. The van der Waals surface area contributed by atoms with Gasteiger partial charge < -0.3 is 9.64 Å². The van der Waals surface area contributed by atoms with Crippen molar-refractivity contribution in [3.63, 3.8) is 0 Å². The molecule has 4 nitrogen and oxygen atoms in total. The molecule has 21 heavy (non-hydrogen) atoms. The van der Waals surface area contributed by atoms with Crippen molar-refractivity contribution in [1.82, 2.24) is 10.2 Å². The predicted octanol–water partition coefficient (Wildman–Crippen LogP) is 2.91. The van der Waals surface area contributed by atoms with Crippen molar-refractivity contribution in [2.75, 3.05) is 6.61 Å². The minimum absolute atomic E-state index is 0.0118. The zero-order valence-corrected chi connectivity index (χ0v) is 13.8. The Balaban J connectivity index is 1.91. The Morgan fingerprint density at radius 1 is 1.57 bits per heavy atom. The van der Waals surface area contributed by atoms with Crippen molar-refractivity contribution in [3.05, 3.63) is 22.4 Å². The summed E-state index contributed by atoms with van der Waals surface area (Å²) in [6, 6.07) is 4.44. The van der Waals surface area contributed by atoms with E-state index in [0.717, 1.165) is 25.9 Å². The lowest BCUT2D eigenvalue weighted by atomic mass is 9.97. The number of carbonyl (C=O) groups is 1. The highest BCUT2D eigenvalue weighted by Crippen LogP contribution is 2.38. The first-order valence-corrected chi connectivity index (χ1v) is 8.68. The minimum Gasteiger partial charge on any atom is -0.378 e. The van der Waals surface area contributed by atoms with E-state index in [4.69, 9.17) is 4.74 Å². The van der Waals surface area contributed by atoms with Crippen LogP contribution in [0.1, 0.15) is 51.1 Å². The van der Waals surface area contributed by atoms with Gasteiger partial charge in [-0.3, -0.25) is 10.1 Å². The number of ether oxygens (including phenoxy) is 1. The molecule has 1 aromatic rings. The average Bonchev–Trinajstić information content (AvgIpc) is 3.07. The molecule has 0 spiro atoms. The van der Waals surface area contributed by atoms with Crippen LogP contribution in [0.15, 0.2) is 17.5 Å². The van der Waals surface area contributed by atoms with Gasteiger partial charge in [-0.05, 0) is 44.6 Å². The molecule has 4 atom stereocenters. The summed E-state index contributed by atoms with van der Waals surface area (Å²) in [7, 11) is 0. The molecule has 0 aliphatic carbocycles. The van der Waals surface area contributed by atoms with Crippen LogP contribution in [0, 0.1) is 0 Å². The third kappa shape index (κ3) is 2.62. The first kappa shape index (κ1) is 15.0. The van der Waals surface area contributed by atoms with E-state index >= 15 is 0 Å². The Hall–Kier alpha value is -0.910. The van der Waals surface area contributed by atoms with Crippen molar-refractivity contribution < 1.29 is 9.53 Å². The molecule has 4 unspecified atom stereocenters. The number of hydrogen-bond donors (Lipinski definition) is 1. The molecule has 0 saturated carbocycles. The molecule has 2 aliphatic rings. The van der Waals surface area contributed by atoms with Crippen LogP contribution in [0.3, 0.4) is 0 Å². The van der Waals surface area contributed by atoms with Crippen LogP contribution in [0.5, 0.6) is 0 Å². The molecular formula is C16H24N2O2S. The predicted molar refractivity (Wildman–Crippen MR) is 84.2 cm³/mol. The SMILES string of the molecule is CCC1(C)NC(c2cccs2)N(C2CCOC(C)C2)C1=O. The number of hydrogen-bond acceptors (Lipinski definition) is 4. The van der Waals surface area contributed by atoms with E-state index in [2.05, 4.69) is 41.6 Å². The molecule has 1 aromatic heterocycles. The van der Waals surface area contributed by atoms with E-state index < -0.39 is 5.54 Å². The Morgan fingerprint density at radius 2 is 2.38 bits per heavy atom. The fourth-order valence-corrected chi connectivity index (χ4v) is 4.12. The second-order valence-corrected chi connectivity index (χ2v) is 7.30. The molecule has 2 aliphatic heterocycles. The number of rotatable bonds is 3. The maximum atomic E-state index is 13.0. The van der Waals surface area contributed by atoms with Gasteiger partial charge in [-0.1, -0.05) is 13.0 Å². The third-order valence-corrected chi connectivity index (χ3v) is 5.74. The van der Waals surface area contributed by atoms with Gasteiger partial charge in [-0.15, -0.1) is 11.3 Å². The molecule has 5 heteroatoms.